The zero-order chi connectivity index (χ0) is 13.3. The van der Waals surface area contributed by atoms with Crippen molar-refractivity contribution >= 4 is 5.97 Å². The van der Waals surface area contributed by atoms with Gasteiger partial charge >= 0.3 is 5.97 Å². The summed E-state index contributed by atoms with van der Waals surface area (Å²) in [6, 6.07) is 1.03. The van der Waals surface area contributed by atoms with Gasteiger partial charge in [0.2, 0.25) is 0 Å². The Labute approximate surface area is 99.2 Å². The van der Waals surface area contributed by atoms with Crippen molar-refractivity contribution in [1.82, 2.24) is 15.4 Å². The first-order chi connectivity index (χ1) is 7.92. The van der Waals surface area contributed by atoms with E-state index in [2.05, 4.69) is 15.4 Å². The minimum atomic E-state index is -1.80. The van der Waals surface area contributed by atoms with Crippen molar-refractivity contribution in [3.63, 3.8) is 0 Å². The molecule has 0 aliphatic heterocycles. The topological polar surface area (TPSA) is 154 Å². The van der Waals surface area contributed by atoms with Gasteiger partial charge < -0.3 is 22.3 Å². The van der Waals surface area contributed by atoms with Gasteiger partial charge in [-0.05, 0) is 17.7 Å². The zero-order valence-corrected chi connectivity index (χ0v) is 9.65. The Morgan fingerprint density at radius 2 is 1.94 bits per heavy atom. The molecule has 1 rings (SSSR count). The van der Waals surface area contributed by atoms with Crippen molar-refractivity contribution in [3.8, 4) is 0 Å². The molecule has 8 nitrogen and oxygen atoms in total. The minimum Gasteiger partial charge on any atom is -0.479 e. The fourth-order valence-corrected chi connectivity index (χ4v) is 0.913. The monoisotopic (exact) mass is 242 g/mol. The Morgan fingerprint density at radius 1 is 1.41 bits per heavy atom. The Balaban J connectivity index is 0.000000354. The van der Waals surface area contributed by atoms with Crippen LogP contribution < -0.4 is 17.2 Å². The van der Waals surface area contributed by atoms with Gasteiger partial charge in [0.25, 0.3) is 0 Å². The molecule has 0 radical (unpaired) electrons. The quantitative estimate of drug-likeness (QED) is 0.474. The standard InChI is InChI=1S/C6H15N3O2.C3H3N3/c1-2-3-4(7)6(8,9)5(10)11;1-2-4-6-5-3-1/h4H,2-3,7-9H2,1H3,(H,10,11);1-3H. The molecule has 0 aliphatic carbocycles. The van der Waals surface area contributed by atoms with Crippen LogP contribution in [0.2, 0.25) is 0 Å². The second-order valence-corrected chi connectivity index (χ2v) is 3.44. The van der Waals surface area contributed by atoms with Gasteiger partial charge in [0.1, 0.15) is 0 Å². The van der Waals surface area contributed by atoms with E-state index in [-0.39, 0.29) is 0 Å². The van der Waals surface area contributed by atoms with Gasteiger partial charge in [-0.3, -0.25) is 0 Å². The first kappa shape index (κ1) is 15.4. The summed E-state index contributed by atoms with van der Waals surface area (Å²) in [4.78, 5) is 10.4. The van der Waals surface area contributed by atoms with E-state index in [4.69, 9.17) is 22.3 Å². The molecule has 0 spiro atoms. The van der Waals surface area contributed by atoms with Crippen LogP contribution in [0.25, 0.3) is 0 Å². The molecule has 17 heavy (non-hydrogen) atoms. The lowest BCUT2D eigenvalue weighted by atomic mass is 9.99. The summed E-state index contributed by atoms with van der Waals surface area (Å²) in [5.41, 5.74) is 14.1. The number of carbonyl (C=O) groups is 1. The lowest BCUT2D eigenvalue weighted by Gasteiger charge is -2.25. The number of rotatable bonds is 4. The number of hydrogen-bond acceptors (Lipinski definition) is 7. The van der Waals surface area contributed by atoms with Gasteiger partial charge in [-0.1, -0.05) is 13.3 Å². The SMILES string of the molecule is CCCC(N)C(N)(N)C(=O)O.c1cnnnc1. The van der Waals surface area contributed by atoms with E-state index >= 15 is 0 Å². The number of hydrogen-bond donors (Lipinski definition) is 4. The van der Waals surface area contributed by atoms with E-state index in [1.165, 1.54) is 0 Å². The molecule has 0 aromatic carbocycles. The van der Waals surface area contributed by atoms with E-state index in [9.17, 15) is 4.79 Å². The molecule has 1 atom stereocenters. The highest BCUT2D eigenvalue weighted by atomic mass is 16.4. The van der Waals surface area contributed by atoms with Crippen LogP contribution in [0.15, 0.2) is 18.5 Å². The fourth-order valence-electron chi connectivity index (χ4n) is 0.913. The van der Waals surface area contributed by atoms with Crippen LogP contribution in [0.3, 0.4) is 0 Å². The van der Waals surface area contributed by atoms with Crippen LogP contribution in [-0.4, -0.2) is 38.2 Å². The molecule has 0 amide bonds. The molecular formula is C9H18N6O2. The number of nitrogens with two attached hydrogens (primary N) is 3. The van der Waals surface area contributed by atoms with E-state index in [0.717, 1.165) is 6.42 Å². The first-order valence-electron chi connectivity index (χ1n) is 5.08. The van der Waals surface area contributed by atoms with Crippen molar-refractivity contribution < 1.29 is 9.90 Å². The third-order valence-electron chi connectivity index (χ3n) is 1.99. The van der Waals surface area contributed by atoms with Crippen molar-refractivity contribution in [2.45, 2.75) is 31.5 Å². The molecule has 8 heteroatoms. The molecule has 0 aliphatic rings. The molecule has 96 valence electrons. The minimum absolute atomic E-state index is 0.513. The summed E-state index contributed by atoms with van der Waals surface area (Å²) in [6.45, 7) is 1.89. The van der Waals surface area contributed by atoms with Crippen molar-refractivity contribution in [2.75, 3.05) is 0 Å². The highest BCUT2D eigenvalue weighted by Gasteiger charge is 2.35. The lowest BCUT2D eigenvalue weighted by Crippen LogP contribution is -2.67. The van der Waals surface area contributed by atoms with E-state index in [1.807, 2.05) is 6.92 Å². The maximum atomic E-state index is 10.4. The van der Waals surface area contributed by atoms with Gasteiger partial charge in [0.15, 0.2) is 5.66 Å². The number of aliphatic carboxylic acids is 1. The molecular weight excluding hydrogens is 224 g/mol. The van der Waals surface area contributed by atoms with Crippen molar-refractivity contribution in [2.24, 2.45) is 17.2 Å². The van der Waals surface area contributed by atoms with E-state index < -0.39 is 17.7 Å². The number of carboxylic acid groups (broad SMARTS) is 1. The fraction of sp³-hybridized carbons (Fsp3) is 0.556. The summed E-state index contributed by atoms with van der Waals surface area (Å²) in [7, 11) is 0. The van der Waals surface area contributed by atoms with Crippen molar-refractivity contribution in [1.29, 1.82) is 0 Å². The van der Waals surface area contributed by atoms with Crippen LogP contribution in [0.5, 0.6) is 0 Å². The molecule has 1 aromatic rings. The van der Waals surface area contributed by atoms with E-state index in [1.54, 1.807) is 18.5 Å². The summed E-state index contributed by atoms with van der Waals surface area (Å²) >= 11 is 0. The van der Waals surface area contributed by atoms with Crippen LogP contribution in [0.4, 0.5) is 0 Å². The molecule has 7 N–H and O–H groups in total. The van der Waals surface area contributed by atoms with Crippen molar-refractivity contribution in [3.05, 3.63) is 18.5 Å². The predicted molar refractivity (Wildman–Crippen MR) is 61.5 cm³/mol. The van der Waals surface area contributed by atoms with Crippen LogP contribution in [-0.2, 0) is 4.79 Å². The van der Waals surface area contributed by atoms with Gasteiger partial charge in [-0.15, -0.1) is 10.2 Å². The highest BCUT2D eigenvalue weighted by Crippen LogP contribution is 2.03. The molecule has 0 fully saturated rings. The van der Waals surface area contributed by atoms with Crippen LogP contribution in [0, 0.1) is 0 Å². The Kier molecular flexibility index (Phi) is 6.87. The maximum absolute atomic E-state index is 10.4. The van der Waals surface area contributed by atoms with E-state index in [0.29, 0.717) is 6.42 Å². The summed E-state index contributed by atoms with van der Waals surface area (Å²) < 4.78 is 0. The summed E-state index contributed by atoms with van der Waals surface area (Å²) in [5, 5.41) is 18.6. The smallest absolute Gasteiger partial charge is 0.340 e. The zero-order valence-electron chi connectivity index (χ0n) is 9.65. The average Bonchev–Trinajstić information content (AvgIpc) is 2.32. The number of nitrogens with zero attached hydrogens (tertiary/aromatic N) is 3. The Bertz CT molecular complexity index is 292. The number of carboxylic acids is 1. The molecule has 0 bridgehead atoms. The first-order valence-corrected chi connectivity index (χ1v) is 5.08. The molecule has 1 aromatic heterocycles. The Morgan fingerprint density at radius 3 is 2.18 bits per heavy atom. The van der Waals surface area contributed by atoms with Crippen LogP contribution in [0.1, 0.15) is 19.8 Å². The number of aromatic nitrogens is 3. The predicted octanol–water partition coefficient (Wildman–Crippen LogP) is -1.32. The highest BCUT2D eigenvalue weighted by molar-refractivity contribution is 5.78. The largest absolute Gasteiger partial charge is 0.479 e. The Hall–Kier alpha value is -1.64. The lowest BCUT2D eigenvalue weighted by molar-refractivity contribution is -0.144. The third-order valence-corrected chi connectivity index (χ3v) is 1.99. The second kappa shape index (κ2) is 7.60. The molecule has 1 heterocycles. The van der Waals surface area contributed by atoms with Gasteiger partial charge in [0.05, 0.1) is 12.4 Å². The molecule has 1 unspecified atom stereocenters. The maximum Gasteiger partial charge on any atom is 0.340 e. The second-order valence-electron chi connectivity index (χ2n) is 3.44. The average molecular weight is 242 g/mol. The summed E-state index contributed by atoms with van der Waals surface area (Å²) in [5.74, 6) is -1.27. The molecule has 0 saturated heterocycles. The van der Waals surface area contributed by atoms with Gasteiger partial charge in [-0.2, -0.15) is 0 Å². The molecule has 0 saturated carbocycles. The van der Waals surface area contributed by atoms with Gasteiger partial charge in [0, 0.05) is 6.04 Å². The van der Waals surface area contributed by atoms with Gasteiger partial charge in [-0.25, -0.2) is 4.79 Å². The third kappa shape index (κ3) is 5.85. The normalized spacial score (nSPS) is 12.2. The summed E-state index contributed by atoms with van der Waals surface area (Å²) in [6.07, 6.45) is 4.43. The van der Waals surface area contributed by atoms with Crippen LogP contribution >= 0.6 is 0 Å².